The van der Waals surface area contributed by atoms with Crippen LogP contribution in [0.15, 0.2) is 30.3 Å². The van der Waals surface area contributed by atoms with Crippen molar-refractivity contribution in [1.82, 2.24) is 4.90 Å². The average Bonchev–Trinajstić information content (AvgIpc) is 2.99. The molecule has 3 rings (SSSR count). The van der Waals surface area contributed by atoms with Gasteiger partial charge in [0.25, 0.3) is 0 Å². The molecular formula is C19H22N2O3S2. The predicted molar refractivity (Wildman–Crippen MR) is 109 cm³/mol. The fraction of sp³-hybridized carbons (Fsp3) is 0.368. The van der Waals surface area contributed by atoms with Crippen molar-refractivity contribution in [2.45, 2.75) is 13.8 Å². The van der Waals surface area contributed by atoms with Crippen LogP contribution in [0.3, 0.4) is 0 Å². The molecule has 1 N–H and O–H groups in total. The minimum atomic E-state index is -0.331. The molecule has 26 heavy (non-hydrogen) atoms. The van der Waals surface area contributed by atoms with Crippen LogP contribution in [0.4, 0.5) is 5.00 Å². The average molecular weight is 391 g/mol. The van der Waals surface area contributed by atoms with Crippen molar-refractivity contribution in [2.75, 3.05) is 38.2 Å². The number of thiophene rings is 1. The third-order valence-corrected chi connectivity index (χ3v) is 5.53. The summed E-state index contributed by atoms with van der Waals surface area (Å²) >= 11 is 7.07. The molecule has 0 aliphatic carbocycles. The number of nitrogens with one attached hydrogen (secondary N) is 1. The minimum absolute atomic E-state index is 0.329. The second kappa shape index (κ2) is 8.62. The Kier molecular flexibility index (Phi) is 6.24. The lowest BCUT2D eigenvalue weighted by Gasteiger charge is -2.29. The Hall–Kier alpha value is -1.96. The zero-order chi connectivity index (χ0) is 18.5. The molecule has 1 aromatic carbocycles. The lowest BCUT2D eigenvalue weighted by molar-refractivity contribution is 0.0528. The zero-order valence-corrected chi connectivity index (χ0v) is 16.5. The van der Waals surface area contributed by atoms with Crippen molar-refractivity contribution < 1.29 is 14.3 Å². The Morgan fingerprint density at radius 2 is 2.00 bits per heavy atom. The van der Waals surface area contributed by atoms with E-state index in [1.807, 2.05) is 44.2 Å². The van der Waals surface area contributed by atoms with E-state index < -0.39 is 0 Å². The van der Waals surface area contributed by atoms with Crippen LogP contribution in [0.25, 0.3) is 11.1 Å². The van der Waals surface area contributed by atoms with Gasteiger partial charge in [-0.3, -0.25) is 0 Å². The van der Waals surface area contributed by atoms with Gasteiger partial charge in [0.05, 0.1) is 19.8 Å². The van der Waals surface area contributed by atoms with E-state index in [1.165, 1.54) is 11.3 Å². The number of esters is 1. The van der Waals surface area contributed by atoms with Gasteiger partial charge in [-0.05, 0) is 31.6 Å². The normalized spacial score (nSPS) is 14.2. The van der Waals surface area contributed by atoms with Crippen LogP contribution in [0.1, 0.15) is 22.2 Å². The Bertz CT molecular complexity index is 784. The summed E-state index contributed by atoms with van der Waals surface area (Å²) < 4.78 is 10.7. The van der Waals surface area contributed by atoms with E-state index in [-0.39, 0.29) is 5.97 Å². The summed E-state index contributed by atoms with van der Waals surface area (Å²) in [6.45, 7) is 6.96. The number of nitrogens with zero attached hydrogens (tertiary/aromatic N) is 1. The summed E-state index contributed by atoms with van der Waals surface area (Å²) in [6, 6.07) is 9.89. The molecule has 1 saturated heterocycles. The number of aryl methyl sites for hydroxylation is 1. The highest BCUT2D eigenvalue weighted by Gasteiger charge is 2.26. The van der Waals surface area contributed by atoms with Gasteiger partial charge in [0, 0.05) is 23.5 Å². The monoisotopic (exact) mass is 390 g/mol. The number of thiocarbonyl (C=S) groups is 1. The summed E-state index contributed by atoms with van der Waals surface area (Å²) in [7, 11) is 0. The second-order valence-corrected chi connectivity index (χ2v) is 7.46. The number of carbonyl (C=O) groups is 1. The van der Waals surface area contributed by atoms with Crippen LogP contribution in [-0.4, -0.2) is 48.9 Å². The molecule has 0 amide bonds. The maximum atomic E-state index is 12.7. The molecule has 1 aliphatic heterocycles. The Morgan fingerprint density at radius 3 is 2.65 bits per heavy atom. The molecule has 2 aromatic rings. The summed E-state index contributed by atoms with van der Waals surface area (Å²) in [4.78, 5) is 15.8. The first kappa shape index (κ1) is 18.8. The molecule has 1 aromatic heterocycles. The molecule has 2 heterocycles. The van der Waals surface area contributed by atoms with Gasteiger partial charge in [0.2, 0.25) is 0 Å². The SMILES string of the molecule is CCOC(=O)c1c(NC(=S)N2CCOCC2)sc(C)c1-c1ccccc1. The van der Waals surface area contributed by atoms with Crippen LogP contribution in [0.5, 0.6) is 0 Å². The maximum absolute atomic E-state index is 12.7. The summed E-state index contributed by atoms with van der Waals surface area (Å²) in [5.74, 6) is -0.331. The number of benzene rings is 1. The van der Waals surface area contributed by atoms with Gasteiger partial charge in [0.15, 0.2) is 5.11 Å². The first-order valence-corrected chi connectivity index (χ1v) is 9.84. The lowest BCUT2D eigenvalue weighted by Crippen LogP contribution is -2.42. The molecule has 0 radical (unpaired) electrons. The highest BCUT2D eigenvalue weighted by atomic mass is 32.1. The highest BCUT2D eigenvalue weighted by molar-refractivity contribution is 7.80. The van der Waals surface area contributed by atoms with Gasteiger partial charge in [-0.2, -0.15) is 0 Å². The third-order valence-electron chi connectivity index (χ3n) is 4.15. The Morgan fingerprint density at radius 1 is 1.31 bits per heavy atom. The molecule has 1 fully saturated rings. The van der Waals surface area contributed by atoms with Gasteiger partial charge in [0.1, 0.15) is 10.6 Å². The highest BCUT2D eigenvalue weighted by Crippen LogP contribution is 2.40. The van der Waals surface area contributed by atoms with Crippen molar-refractivity contribution >= 4 is 39.6 Å². The van der Waals surface area contributed by atoms with Crippen molar-refractivity contribution in [3.63, 3.8) is 0 Å². The van der Waals surface area contributed by atoms with Crippen molar-refractivity contribution in [2.24, 2.45) is 0 Å². The predicted octanol–water partition coefficient (Wildman–Crippen LogP) is 3.93. The van der Waals surface area contributed by atoms with Crippen LogP contribution >= 0.6 is 23.6 Å². The van der Waals surface area contributed by atoms with E-state index in [9.17, 15) is 4.79 Å². The number of morpholine rings is 1. The molecule has 0 atom stereocenters. The number of ether oxygens (including phenoxy) is 2. The summed E-state index contributed by atoms with van der Waals surface area (Å²) in [6.07, 6.45) is 0. The number of anilines is 1. The molecule has 0 spiro atoms. The number of hydrogen-bond donors (Lipinski definition) is 1. The fourth-order valence-corrected chi connectivity index (χ4v) is 4.34. The molecule has 138 valence electrons. The third kappa shape index (κ3) is 4.06. The van der Waals surface area contributed by atoms with Crippen molar-refractivity contribution in [3.8, 4) is 11.1 Å². The number of hydrogen-bond acceptors (Lipinski definition) is 5. The first-order valence-electron chi connectivity index (χ1n) is 8.61. The number of carbonyl (C=O) groups excluding carboxylic acids is 1. The van der Waals surface area contributed by atoms with Gasteiger partial charge in [-0.1, -0.05) is 30.3 Å². The van der Waals surface area contributed by atoms with Gasteiger partial charge in [-0.25, -0.2) is 4.79 Å². The molecule has 0 saturated carbocycles. The van der Waals surface area contributed by atoms with Crippen LogP contribution in [-0.2, 0) is 9.47 Å². The van der Waals surface area contributed by atoms with Crippen molar-refractivity contribution in [1.29, 1.82) is 0 Å². The van der Waals surface area contributed by atoms with E-state index >= 15 is 0 Å². The maximum Gasteiger partial charge on any atom is 0.341 e. The van der Waals surface area contributed by atoms with Gasteiger partial charge < -0.3 is 19.7 Å². The number of rotatable bonds is 4. The van der Waals surface area contributed by atoms with Crippen LogP contribution < -0.4 is 5.32 Å². The summed E-state index contributed by atoms with van der Waals surface area (Å²) in [5, 5.41) is 4.61. The Balaban J connectivity index is 1.96. The largest absolute Gasteiger partial charge is 0.462 e. The topological polar surface area (TPSA) is 50.8 Å². The zero-order valence-electron chi connectivity index (χ0n) is 14.9. The molecule has 5 nitrogen and oxygen atoms in total. The molecular weight excluding hydrogens is 368 g/mol. The second-order valence-electron chi connectivity index (χ2n) is 5.85. The standard InChI is InChI=1S/C19H22N2O3S2/c1-3-24-18(22)16-15(14-7-5-4-6-8-14)13(2)26-17(16)20-19(25)21-9-11-23-12-10-21/h4-8H,3,9-12H2,1-2H3,(H,20,25). The smallest absolute Gasteiger partial charge is 0.341 e. The van der Waals surface area contributed by atoms with Crippen LogP contribution in [0, 0.1) is 6.92 Å². The minimum Gasteiger partial charge on any atom is -0.462 e. The molecule has 7 heteroatoms. The van der Waals surface area contributed by atoms with Crippen molar-refractivity contribution in [3.05, 3.63) is 40.8 Å². The van der Waals surface area contributed by atoms with Gasteiger partial charge in [-0.15, -0.1) is 11.3 Å². The van der Waals surface area contributed by atoms with Crippen LogP contribution in [0.2, 0.25) is 0 Å². The van der Waals surface area contributed by atoms with Gasteiger partial charge >= 0.3 is 5.97 Å². The van der Waals surface area contributed by atoms with E-state index in [0.29, 0.717) is 30.5 Å². The van der Waals surface area contributed by atoms with E-state index in [2.05, 4.69) is 10.2 Å². The summed E-state index contributed by atoms with van der Waals surface area (Å²) in [5.41, 5.74) is 2.45. The van der Waals surface area contributed by atoms with E-state index in [0.717, 1.165) is 34.1 Å². The van der Waals surface area contributed by atoms with E-state index in [4.69, 9.17) is 21.7 Å². The van der Waals surface area contributed by atoms with E-state index in [1.54, 1.807) is 0 Å². The molecule has 0 bridgehead atoms. The Labute approximate surface area is 162 Å². The quantitative estimate of drug-likeness (QED) is 0.631. The lowest BCUT2D eigenvalue weighted by atomic mass is 10.0. The molecule has 1 aliphatic rings. The fourth-order valence-electron chi connectivity index (χ4n) is 2.93. The first-order chi connectivity index (χ1) is 12.6. The molecule has 0 unspecified atom stereocenters.